The molecule has 5 nitrogen and oxygen atoms in total. The molecule has 0 N–H and O–H groups in total. The number of rotatable bonds is 10. The third-order valence-corrected chi connectivity index (χ3v) is 8.04. The van der Waals surface area contributed by atoms with Crippen molar-refractivity contribution < 1.29 is 17.9 Å². The van der Waals surface area contributed by atoms with Crippen molar-refractivity contribution in [2.75, 3.05) is 20.0 Å². The van der Waals surface area contributed by atoms with Gasteiger partial charge < -0.3 is 9.47 Å². The lowest BCUT2D eigenvalue weighted by molar-refractivity contribution is 0.269. The molecule has 2 aromatic carbocycles. The molecule has 0 fully saturated rings. The Morgan fingerprint density at radius 2 is 1.37 bits per heavy atom. The minimum absolute atomic E-state index is 0.0427. The average Bonchev–Trinajstić information content (AvgIpc) is 2.72. The van der Waals surface area contributed by atoms with E-state index >= 15 is 0 Å². The number of allylic oxidation sites excluding steroid dienone is 2. The van der Waals surface area contributed by atoms with Crippen LogP contribution in [0, 0.1) is 11.3 Å². The molecule has 1 aliphatic rings. The van der Waals surface area contributed by atoms with Crippen molar-refractivity contribution in [3.8, 4) is 11.5 Å². The Bertz CT molecular complexity index is 918. The van der Waals surface area contributed by atoms with Gasteiger partial charge in [-0.05, 0) is 53.1 Å². The first kappa shape index (κ1) is 22.4. The van der Waals surface area contributed by atoms with Crippen LogP contribution in [0.3, 0.4) is 0 Å². The Morgan fingerprint density at radius 3 is 1.70 bits per heavy atom. The number of hydrogen-bond donors (Lipinski definition) is 0. The second kappa shape index (κ2) is 9.23. The molecule has 0 radical (unpaired) electrons. The fraction of sp³-hybridized carbons (Fsp3) is 0.417. The molecule has 2 aromatic rings. The second-order valence-corrected chi connectivity index (χ2v) is 10.3. The minimum Gasteiger partial charge on any atom is -0.497 e. The van der Waals surface area contributed by atoms with Crippen LogP contribution >= 0.6 is 0 Å². The summed E-state index contributed by atoms with van der Waals surface area (Å²) in [5, 5.41) is 0. The monoisotopic (exact) mass is 429 g/mol. The van der Waals surface area contributed by atoms with Gasteiger partial charge in [0.25, 0.3) is 0 Å². The standard InChI is InChI=1S/C24H31NO4S/c1-19(24(2)14-5-15-24)18-30(26,27)25(16-20-6-10-22(28-3)11-7-20)17-21-8-12-23(29-4)13-9-21/h5-14,19H,15-18H2,1-4H3/t19-,24?/m1/s1. The third-order valence-electron chi connectivity index (χ3n) is 6.07. The van der Waals surface area contributed by atoms with E-state index in [1.54, 1.807) is 18.5 Å². The van der Waals surface area contributed by atoms with Crippen LogP contribution < -0.4 is 9.47 Å². The number of sulfonamides is 1. The number of methoxy groups -OCH3 is 2. The van der Waals surface area contributed by atoms with E-state index < -0.39 is 10.0 Å². The molecule has 0 heterocycles. The zero-order valence-corrected chi connectivity index (χ0v) is 19.0. The Hall–Kier alpha value is -2.31. The maximum Gasteiger partial charge on any atom is 0.215 e. The van der Waals surface area contributed by atoms with Crippen molar-refractivity contribution in [3.63, 3.8) is 0 Å². The number of hydrogen-bond acceptors (Lipinski definition) is 4. The maximum atomic E-state index is 13.4. The molecule has 0 bridgehead atoms. The van der Waals surface area contributed by atoms with Crippen LogP contribution in [-0.2, 0) is 23.1 Å². The molecule has 0 aliphatic heterocycles. The molecule has 1 aliphatic carbocycles. The van der Waals surface area contributed by atoms with Gasteiger partial charge in [0, 0.05) is 13.1 Å². The molecule has 2 atom stereocenters. The summed E-state index contributed by atoms with van der Waals surface area (Å²) in [6.45, 7) is 4.79. The van der Waals surface area contributed by atoms with E-state index in [1.165, 1.54) is 0 Å². The summed E-state index contributed by atoms with van der Waals surface area (Å²) in [5.74, 6) is 1.67. The predicted molar refractivity (Wildman–Crippen MR) is 120 cm³/mol. The van der Waals surface area contributed by atoms with Crippen LogP contribution in [0.4, 0.5) is 0 Å². The van der Waals surface area contributed by atoms with Crippen molar-refractivity contribution in [1.82, 2.24) is 4.31 Å². The van der Waals surface area contributed by atoms with Gasteiger partial charge in [0.15, 0.2) is 0 Å². The lowest BCUT2D eigenvalue weighted by Crippen LogP contribution is -2.39. The van der Waals surface area contributed by atoms with Crippen molar-refractivity contribution in [1.29, 1.82) is 0 Å². The first-order valence-corrected chi connectivity index (χ1v) is 11.8. The summed E-state index contributed by atoms with van der Waals surface area (Å²) in [5.41, 5.74) is 1.81. The quantitative estimate of drug-likeness (QED) is 0.517. The molecule has 0 amide bonds. The minimum atomic E-state index is -3.47. The van der Waals surface area contributed by atoms with Gasteiger partial charge in [-0.3, -0.25) is 0 Å². The lowest BCUT2D eigenvalue weighted by Gasteiger charge is -2.38. The normalized spacial score (nSPS) is 19.4. The highest BCUT2D eigenvalue weighted by Crippen LogP contribution is 2.41. The van der Waals surface area contributed by atoms with Gasteiger partial charge in [0.1, 0.15) is 11.5 Å². The van der Waals surface area contributed by atoms with Crippen molar-refractivity contribution in [2.24, 2.45) is 11.3 Å². The molecule has 3 rings (SSSR count). The molecule has 0 saturated carbocycles. The van der Waals surface area contributed by atoms with Crippen LogP contribution in [-0.4, -0.2) is 32.7 Å². The summed E-state index contributed by atoms with van der Waals surface area (Å²) >= 11 is 0. The first-order chi connectivity index (χ1) is 14.3. The molecule has 162 valence electrons. The van der Waals surface area contributed by atoms with E-state index in [9.17, 15) is 8.42 Å². The van der Waals surface area contributed by atoms with E-state index in [0.717, 1.165) is 29.0 Å². The highest BCUT2D eigenvalue weighted by molar-refractivity contribution is 7.89. The lowest BCUT2D eigenvalue weighted by atomic mass is 9.70. The molecule has 6 heteroatoms. The van der Waals surface area contributed by atoms with Gasteiger partial charge >= 0.3 is 0 Å². The van der Waals surface area contributed by atoms with Crippen LogP contribution in [0.25, 0.3) is 0 Å². The fourth-order valence-corrected chi connectivity index (χ4v) is 5.50. The van der Waals surface area contributed by atoms with Crippen molar-refractivity contribution in [2.45, 2.75) is 33.4 Å². The molecule has 0 saturated heterocycles. The van der Waals surface area contributed by atoms with Crippen LogP contribution in [0.1, 0.15) is 31.4 Å². The van der Waals surface area contributed by atoms with Crippen LogP contribution in [0.5, 0.6) is 11.5 Å². The average molecular weight is 430 g/mol. The molecule has 0 spiro atoms. The van der Waals surface area contributed by atoms with Crippen molar-refractivity contribution in [3.05, 3.63) is 71.8 Å². The van der Waals surface area contributed by atoms with Gasteiger partial charge in [-0.1, -0.05) is 50.3 Å². The number of benzene rings is 2. The van der Waals surface area contributed by atoms with Gasteiger partial charge in [-0.2, -0.15) is 4.31 Å². The summed E-state index contributed by atoms with van der Waals surface area (Å²) in [6.07, 6.45) is 5.17. The van der Waals surface area contributed by atoms with E-state index in [-0.39, 0.29) is 17.1 Å². The van der Waals surface area contributed by atoms with Crippen LogP contribution in [0.15, 0.2) is 60.7 Å². The first-order valence-electron chi connectivity index (χ1n) is 10.2. The summed E-state index contributed by atoms with van der Waals surface area (Å²) in [7, 11) is -0.237. The summed E-state index contributed by atoms with van der Waals surface area (Å²) in [4.78, 5) is 0. The SMILES string of the molecule is COc1ccc(CN(Cc2ccc(OC)cc2)S(=O)(=O)C[C@@H](C)C2(C)C=CC2)cc1. The van der Waals surface area contributed by atoms with E-state index in [4.69, 9.17) is 9.47 Å². The Balaban J connectivity index is 1.83. The zero-order valence-electron chi connectivity index (χ0n) is 18.2. The molecular weight excluding hydrogens is 398 g/mol. The zero-order chi connectivity index (χ0) is 21.8. The molecule has 1 unspecified atom stereocenters. The van der Waals surface area contributed by atoms with E-state index in [2.05, 4.69) is 19.1 Å². The summed E-state index contributed by atoms with van der Waals surface area (Å²) < 4.78 is 38.9. The van der Waals surface area contributed by atoms with Gasteiger partial charge in [0.05, 0.1) is 20.0 Å². The highest BCUT2D eigenvalue weighted by atomic mass is 32.2. The largest absolute Gasteiger partial charge is 0.497 e. The Labute approximate surface area is 180 Å². The Morgan fingerprint density at radius 1 is 0.933 bits per heavy atom. The van der Waals surface area contributed by atoms with Gasteiger partial charge in [-0.25, -0.2) is 8.42 Å². The Kier molecular flexibility index (Phi) is 6.88. The van der Waals surface area contributed by atoms with Gasteiger partial charge in [0.2, 0.25) is 10.0 Å². The molecule has 30 heavy (non-hydrogen) atoms. The van der Waals surface area contributed by atoms with E-state index in [0.29, 0.717) is 13.1 Å². The van der Waals surface area contributed by atoms with Crippen molar-refractivity contribution >= 4 is 10.0 Å². The summed E-state index contributed by atoms with van der Waals surface area (Å²) in [6, 6.07) is 15.1. The third kappa shape index (κ3) is 5.24. The smallest absolute Gasteiger partial charge is 0.215 e. The fourth-order valence-electron chi connectivity index (χ4n) is 3.59. The second-order valence-electron chi connectivity index (χ2n) is 8.26. The highest BCUT2D eigenvalue weighted by Gasteiger charge is 2.36. The van der Waals surface area contributed by atoms with Gasteiger partial charge in [-0.15, -0.1) is 0 Å². The van der Waals surface area contributed by atoms with E-state index in [1.807, 2.05) is 55.5 Å². The predicted octanol–water partition coefficient (Wildman–Crippen LogP) is 4.64. The maximum absolute atomic E-state index is 13.4. The topological polar surface area (TPSA) is 55.8 Å². The molecular formula is C24H31NO4S. The molecule has 0 aromatic heterocycles. The number of nitrogens with zero attached hydrogens (tertiary/aromatic N) is 1. The van der Waals surface area contributed by atoms with Crippen LogP contribution in [0.2, 0.25) is 0 Å². The number of ether oxygens (including phenoxy) is 2.